The molecule has 0 bridgehead atoms. The summed E-state index contributed by atoms with van der Waals surface area (Å²) >= 11 is 0. The van der Waals surface area contributed by atoms with Crippen molar-refractivity contribution in [2.24, 2.45) is 0 Å². The first-order chi connectivity index (χ1) is 9.40. The number of piperidine rings is 1. The molecule has 6 nitrogen and oxygen atoms in total. The van der Waals surface area contributed by atoms with Crippen molar-refractivity contribution < 1.29 is 18.3 Å². The lowest BCUT2D eigenvalue weighted by atomic mass is 10.1. The van der Waals surface area contributed by atoms with Gasteiger partial charge in [0.1, 0.15) is 0 Å². The molecule has 1 aliphatic rings. The van der Waals surface area contributed by atoms with Crippen molar-refractivity contribution in [3.63, 3.8) is 0 Å². The number of carbonyl (C=O) groups is 1. The van der Waals surface area contributed by atoms with E-state index in [1.807, 2.05) is 0 Å². The second kappa shape index (κ2) is 7.95. The number of hydrogen-bond acceptors (Lipinski definition) is 4. The predicted molar refractivity (Wildman–Crippen MR) is 78.2 cm³/mol. The number of rotatable bonds is 8. The molecule has 0 unspecified atom stereocenters. The van der Waals surface area contributed by atoms with Gasteiger partial charge in [-0.2, -0.15) is 0 Å². The topological polar surface area (TPSA) is 77.9 Å². The second-order valence-electron chi connectivity index (χ2n) is 5.16. The van der Waals surface area contributed by atoms with Gasteiger partial charge in [0.15, 0.2) is 0 Å². The molecule has 0 atom stereocenters. The third kappa shape index (κ3) is 5.03. The van der Waals surface area contributed by atoms with E-state index in [-0.39, 0.29) is 18.6 Å². The van der Waals surface area contributed by atoms with Crippen LogP contribution in [0.4, 0.5) is 0 Å². The summed E-state index contributed by atoms with van der Waals surface area (Å²) in [5.74, 6) is -1.00. The first kappa shape index (κ1) is 17.4. The molecule has 0 spiro atoms. The van der Waals surface area contributed by atoms with Gasteiger partial charge < -0.3 is 10.0 Å². The fourth-order valence-corrected chi connectivity index (χ4v) is 4.29. The summed E-state index contributed by atoms with van der Waals surface area (Å²) in [5.41, 5.74) is 0. The van der Waals surface area contributed by atoms with E-state index >= 15 is 0 Å². The molecule has 0 aromatic heterocycles. The van der Waals surface area contributed by atoms with Gasteiger partial charge in [0, 0.05) is 25.6 Å². The number of carboxylic acid groups (broad SMARTS) is 1. The Morgan fingerprint density at radius 1 is 1.25 bits per heavy atom. The molecular weight excluding hydrogens is 280 g/mol. The summed E-state index contributed by atoms with van der Waals surface area (Å²) in [5, 5.41) is 8.56. The van der Waals surface area contributed by atoms with Crippen LogP contribution in [-0.2, 0) is 14.8 Å². The van der Waals surface area contributed by atoms with Crippen LogP contribution in [0.25, 0.3) is 0 Å². The zero-order valence-corrected chi connectivity index (χ0v) is 13.2. The minimum Gasteiger partial charge on any atom is -0.481 e. The number of carboxylic acids is 1. The lowest BCUT2D eigenvalue weighted by Crippen LogP contribution is -2.47. The van der Waals surface area contributed by atoms with Crippen molar-refractivity contribution in [3.05, 3.63) is 0 Å². The number of hydrogen-bond donors (Lipinski definition) is 1. The highest BCUT2D eigenvalue weighted by molar-refractivity contribution is 7.89. The van der Waals surface area contributed by atoms with Crippen molar-refractivity contribution in [1.29, 1.82) is 0 Å². The normalized spacial score (nSPS) is 18.6. The lowest BCUT2D eigenvalue weighted by molar-refractivity contribution is -0.137. The Morgan fingerprint density at radius 3 is 2.25 bits per heavy atom. The molecule has 0 radical (unpaired) electrons. The van der Waals surface area contributed by atoms with Gasteiger partial charge >= 0.3 is 5.97 Å². The highest BCUT2D eigenvalue weighted by Gasteiger charge is 2.29. The molecule has 0 aromatic rings. The summed E-state index contributed by atoms with van der Waals surface area (Å²) in [7, 11) is -3.29. The SMILES string of the molecule is CCN(CC)C1CCN(S(=O)(=O)CCCC(=O)O)CC1. The van der Waals surface area contributed by atoms with Crippen LogP contribution < -0.4 is 0 Å². The van der Waals surface area contributed by atoms with Gasteiger partial charge in [-0.3, -0.25) is 4.79 Å². The van der Waals surface area contributed by atoms with Crippen LogP contribution >= 0.6 is 0 Å². The van der Waals surface area contributed by atoms with Crippen LogP contribution in [-0.4, -0.2) is 66.7 Å². The van der Waals surface area contributed by atoms with E-state index in [0.717, 1.165) is 25.9 Å². The summed E-state index contributed by atoms with van der Waals surface area (Å²) in [4.78, 5) is 12.8. The van der Waals surface area contributed by atoms with Gasteiger partial charge in [0.2, 0.25) is 10.0 Å². The summed E-state index contributed by atoms with van der Waals surface area (Å²) in [6.07, 6.45) is 1.82. The molecule has 1 N–H and O–H groups in total. The highest BCUT2D eigenvalue weighted by Crippen LogP contribution is 2.19. The van der Waals surface area contributed by atoms with Crippen LogP contribution in [0, 0.1) is 0 Å². The fourth-order valence-electron chi connectivity index (χ4n) is 2.76. The van der Waals surface area contributed by atoms with Crippen LogP contribution in [0.1, 0.15) is 39.5 Å². The van der Waals surface area contributed by atoms with E-state index in [4.69, 9.17) is 5.11 Å². The largest absolute Gasteiger partial charge is 0.481 e. The van der Waals surface area contributed by atoms with Crippen molar-refractivity contribution in [1.82, 2.24) is 9.21 Å². The van der Waals surface area contributed by atoms with Crippen molar-refractivity contribution >= 4 is 16.0 Å². The van der Waals surface area contributed by atoms with Gasteiger partial charge in [0.05, 0.1) is 5.75 Å². The van der Waals surface area contributed by atoms with Crippen LogP contribution in [0.15, 0.2) is 0 Å². The molecule has 1 saturated heterocycles. The molecule has 118 valence electrons. The standard InChI is InChI=1S/C13H26N2O4S/c1-3-14(4-2)12-7-9-15(10-8-12)20(18,19)11-5-6-13(16)17/h12H,3-11H2,1-2H3,(H,16,17). The summed E-state index contributed by atoms with van der Waals surface area (Å²) in [6, 6.07) is 0.468. The third-order valence-electron chi connectivity index (χ3n) is 3.94. The Balaban J connectivity index is 2.45. The molecule has 0 saturated carbocycles. The fraction of sp³-hybridized carbons (Fsp3) is 0.923. The molecule has 1 fully saturated rings. The Labute approximate surface area is 121 Å². The van der Waals surface area contributed by atoms with Crippen molar-refractivity contribution in [2.75, 3.05) is 31.9 Å². The van der Waals surface area contributed by atoms with E-state index in [2.05, 4.69) is 18.7 Å². The highest BCUT2D eigenvalue weighted by atomic mass is 32.2. The van der Waals surface area contributed by atoms with E-state index in [0.29, 0.717) is 19.1 Å². The molecule has 1 aliphatic heterocycles. The van der Waals surface area contributed by atoms with Crippen LogP contribution in [0.3, 0.4) is 0 Å². The molecule has 1 heterocycles. The molecule has 0 amide bonds. The van der Waals surface area contributed by atoms with Crippen molar-refractivity contribution in [2.45, 2.75) is 45.6 Å². The second-order valence-corrected chi connectivity index (χ2v) is 7.25. The Bertz CT molecular complexity index is 399. The van der Waals surface area contributed by atoms with Gasteiger partial charge in [-0.25, -0.2) is 12.7 Å². The van der Waals surface area contributed by atoms with Crippen molar-refractivity contribution in [3.8, 4) is 0 Å². The maximum absolute atomic E-state index is 12.1. The van der Waals surface area contributed by atoms with Crippen LogP contribution in [0.2, 0.25) is 0 Å². The quantitative estimate of drug-likeness (QED) is 0.723. The number of nitrogens with zero attached hydrogens (tertiary/aromatic N) is 2. The molecule has 7 heteroatoms. The Morgan fingerprint density at radius 2 is 1.80 bits per heavy atom. The zero-order valence-electron chi connectivity index (χ0n) is 12.4. The van der Waals surface area contributed by atoms with E-state index in [1.54, 1.807) is 0 Å². The van der Waals surface area contributed by atoms with Gasteiger partial charge in [-0.15, -0.1) is 0 Å². The smallest absolute Gasteiger partial charge is 0.303 e. The summed E-state index contributed by atoms with van der Waals surface area (Å²) in [6.45, 7) is 7.34. The molecule has 20 heavy (non-hydrogen) atoms. The summed E-state index contributed by atoms with van der Waals surface area (Å²) < 4.78 is 25.7. The van der Waals surface area contributed by atoms with Crippen LogP contribution in [0.5, 0.6) is 0 Å². The zero-order chi connectivity index (χ0) is 15.2. The molecular formula is C13H26N2O4S. The van der Waals surface area contributed by atoms with Gasteiger partial charge in [-0.05, 0) is 32.4 Å². The third-order valence-corrected chi connectivity index (χ3v) is 5.90. The maximum atomic E-state index is 12.1. The monoisotopic (exact) mass is 306 g/mol. The molecule has 0 aliphatic carbocycles. The first-order valence-electron chi connectivity index (χ1n) is 7.34. The maximum Gasteiger partial charge on any atom is 0.303 e. The number of sulfonamides is 1. The average Bonchev–Trinajstić information content (AvgIpc) is 2.40. The minimum absolute atomic E-state index is 0.0603. The van der Waals surface area contributed by atoms with E-state index < -0.39 is 16.0 Å². The van der Waals surface area contributed by atoms with Gasteiger partial charge in [0.25, 0.3) is 0 Å². The van der Waals surface area contributed by atoms with Gasteiger partial charge in [-0.1, -0.05) is 13.8 Å². The Hall–Kier alpha value is -0.660. The first-order valence-corrected chi connectivity index (χ1v) is 8.95. The minimum atomic E-state index is -3.29. The predicted octanol–water partition coefficient (Wildman–Crippen LogP) is 0.987. The van der Waals surface area contributed by atoms with E-state index in [9.17, 15) is 13.2 Å². The average molecular weight is 306 g/mol. The Kier molecular flexibility index (Phi) is 6.91. The van der Waals surface area contributed by atoms with E-state index in [1.165, 1.54) is 4.31 Å². The number of aliphatic carboxylic acids is 1. The lowest BCUT2D eigenvalue weighted by Gasteiger charge is -2.37. The molecule has 1 rings (SSSR count). The molecule has 0 aromatic carbocycles.